The number of benzene rings is 3. The zero-order valence-electron chi connectivity index (χ0n) is 23.0. The van der Waals surface area contributed by atoms with Crippen LogP contribution >= 0.6 is 23.5 Å². The Morgan fingerprint density at radius 3 is 2.63 bits per heavy atom. The Hall–Kier alpha value is -4.27. The van der Waals surface area contributed by atoms with Crippen LogP contribution in [-0.4, -0.2) is 39.8 Å². The second-order valence-electron chi connectivity index (χ2n) is 9.35. The molecule has 0 spiro atoms. The van der Waals surface area contributed by atoms with Gasteiger partial charge < -0.3 is 15.8 Å². The van der Waals surface area contributed by atoms with Crippen molar-refractivity contribution in [1.29, 1.82) is 0 Å². The van der Waals surface area contributed by atoms with Crippen molar-refractivity contribution >= 4 is 35.5 Å². The topological polar surface area (TPSA) is 131 Å². The Labute approximate surface area is 255 Å². The maximum atomic E-state index is 12.4. The van der Waals surface area contributed by atoms with E-state index in [-0.39, 0.29) is 24.9 Å². The van der Waals surface area contributed by atoms with Crippen molar-refractivity contribution in [2.45, 2.75) is 37.6 Å². The zero-order chi connectivity index (χ0) is 31.0. The molecule has 5 N–H and O–H groups in total. The molecule has 10 nitrogen and oxygen atoms in total. The number of hydrogen-bond donors (Lipinski definition) is 4. The van der Waals surface area contributed by atoms with Crippen LogP contribution in [0.1, 0.15) is 30.9 Å². The number of nitrogens with zero attached hydrogens (tertiary/aromatic N) is 4. The lowest BCUT2D eigenvalue weighted by molar-refractivity contribution is -0.274. The van der Waals surface area contributed by atoms with Gasteiger partial charge in [0.2, 0.25) is 0 Å². The lowest BCUT2D eigenvalue weighted by Crippen LogP contribution is -2.43. The Bertz CT molecular complexity index is 1580. The molecule has 0 unspecified atom stereocenters. The number of alkyl halides is 3. The van der Waals surface area contributed by atoms with E-state index in [0.29, 0.717) is 28.0 Å². The van der Waals surface area contributed by atoms with Crippen LogP contribution < -0.4 is 25.8 Å². The predicted molar refractivity (Wildman–Crippen MR) is 160 cm³/mol. The summed E-state index contributed by atoms with van der Waals surface area (Å²) < 4.78 is 45.6. The quantitative estimate of drug-likeness (QED) is 0.0732. The highest BCUT2D eigenvalue weighted by Crippen LogP contribution is 2.29. The van der Waals surface area contributed by atoms with Gasteiger partial charge in [0.15, 0.2) is 11.8 Å². The molecule has 3 aromatic carbocycles. The Morgan fingerprint density at radius 1 is 1.14 bits per heavy atom. The van der Waals surface area contributed by atoms with Crippen molar-refractivity contribution in [3.8, 4) is 22.8 Å². The highest BCUT2D eigenvalue weighted by Gasteiger charge is 2.31. The monoisotopic (exact) mass is 632 g/mol. The molecule has 0 saturated heterocycles. The van der Waals surface area contributed by atoms with Gasteiger partial charge in [-0.2, -0.15) is 0 Å². The number of carbonyl (C=O) groups excluding carboxylic acids is 1. The van der Waals surface area contributed by atoms with E-state index < -0.39 is 12.4 Å². The van der Waals surface area contributed by atoms with Gasteiger partial charge in [0, 0.05) is 22.0 Å². The van der Waals surface area contributed by atoms with E-state index in [9.17, 15) is 18.0 Å². The fourth-order valence-electron chi connectivity index (χ4n) is 3.82. The molecular weight excluding hydrogens is 605 g/mol. The number of aromatic nitrogens is 3. The summed E-state index contributed by atoms with van der Waals surface area (Å²) in [6, 6.07) is 17.7. The van der Waals surface area contributed by atoms with Crippen LogP contribution in [0.2, 0.25) is 5.02 Å². The molecule has 0 aliphatic carbocycles. The summed E-state index contributed by atoms with van der Waals surface area (Å²) in [5, 5.41) is 10.2. The summed E-state index contributed by atoms with van der Waals surface area (Å²) in [7, 11) is 0. The average molecular weight is 633 g/mol. The first-order valence-corrected chi connectivity index (χ1v) is 14.1. The first-order valence-electron chi connectivity index (χ1n) is 12.9. The van der Waals surface area contributed by atoms with E-state index in [1.54, 1.807) is 18.2 Å². The lowest BCUT2D eigenvalue weighted by Gasteiger charge is -2.12. The number of amides is 2. The number of rotatable bonds is 10. The predicted octanol–water partition coefficient (Wildman–Crippen LogP) is 5.98. The fraction of sp³-hybridized carbons (Fsp3) is 0.214. The first kappa shape index (κ1) is 31.7. The maximum absolute atomic E-state index is 12.4. The van der Waals surface area contributed by atoms with Gasteiger partial charge in [-0.05, 0) is 71.5 Å². The van der Waals surface area contributed by atoms with Crippen LogP contribution in [0.25, 0.3) is 17.1 Å². The molecule has 0 aliphatic rings. The molecule has 2 amide bonds. The molecule has 15 heteroatoms. The summed E-state index contributed by atoms with van der Waals surface area (Å²) in [5.41, 5.74) is 8.95. The van der Waals surface area contributed by atoms with Crippen LogP contribution in [0.3, 0.4) is 0 Å². The van der Waals surface area contributed by atoms with Gasteiger partial charge in [-0.15, -0.1) is 18.3 Å². The molecule has 0 atom stereocenters. The van der Waals surface area contributed by atoms with E-state index in [4.69, 9.17) is 17.3 Å². The summed E-state index contributed by atoms with van der Waals surface area (Å²) in [5.74, 6) is 0.328. The van der Waals surface area contributed by atoms with E-state index in [1.165, 1.54) is 47.2 Å². The van der Waals surface area contributed by atoms with Gasteiger partial charge in [0.25, 0.3) is 0 Å². The maximum Gasteiger partial charge on any atom is 0.573 e. The Morgan fingerprint density at radius 2 is 1.91 bits per heavy atom. The SMILES string of the molecule is CC(C)c1ccc(Cl)cc1SNCN=C(N)NC(=O)NCc1cccc(-c2ncn(-c3ccc(OC(F)(F)F)cc3)n2)c1. The zero-order valence-corrected chi connectivity index (χ0v) is 24.6. The normalized spacial score (nSPS) is 11.9. The Kier molecular flexibility index (Phi) is 10.5. The standard InChI is InChI=1S/C28H28ClF3N8O2S/c1-17(2)23-11-6-20(29)13-24(23)43-37-15-35-26(33)38-27(41)34-14-18-4-3-5-19(12-18)25-36-16-40(39-25)21-7-9-22(10-8-21)42-28(30,31)32/h3-13,16-17,37H,14-15H2,1-2H3,(H4,33,34,35,38,41). The summed E-state index contributed by atoms with van der Waals surface area (Å²) in [6.07, 6.45) is -3.32. The van der Waals surface area contributed by atoms with Gasteiger partial charge in [-0.3, -0.25) is 5.32 Å². The van der Waals surface area contributed by atoms with Crippen molar-refractivity contribution in [3.05, 3.63) is 89.2 Å². The van der Waals surface area contributed by atoms with Crippen molar-refractivity contribution < 1.29 is 22.7 Å². The second kappa shape index (κ2) is 14.3. The average Bonchev–Trinajstić information content (AvgIpc) is 3.44. The number of guanidine groups is 1. The molecule has 1 aromatic heterocycles. The molecule has 0 radical (unpaired) electrons. The third-order valence-electron chi connectivity index (χ3n) is 5.80. The van der Waals surface area contributed by atoms with Crippen LogP contribution in [0.15, 0.2) is 82.9 Å². The van der Waals surface area contributed by atoms with Crippen LogP contribution in [0, 0.1) is 0 Å². The minimum atomic E-state index is -4.77. The van der Waals surface area contributed by atoms with E-state index in [2.05, 4.69) is 49.0 Å². The van der Waals surface area contributed by atoms with Crippen molar-refractivity contribution in [1.82, 2.24) is 30.1 Å². The smallest absolute Gasteiger partial charge is 0.406 e. The number of aliphatic imine (C=N–C) groups is 1. The van der Waals surface area contributed by atoms with Gasteiger partial charge in [0.1, 0.15) is 18.7 Å². The van der Waals surface area contributed by atoms with Crippen molar-refractivity contribution in [3.63, 3.8) is 0 Å². The number of nitrogens with one attached hydrogen (secondary N) is 3. The molecule has 4 aromatic rings. The largest absolute Gasteiger partial charge is 0.573 e. The van der Waals surface area contributed by atoms with Crippen LogP contribution in [0.5, 0.6) is 5.75 Å². The minimum absolute atomic E-state index is 0.0535. The van der Waals surface area contributed by atoms with E-state index in [1.807, 2.05) is 24.3 Å². The highest BCUT2D eigenvalue weighted by atomic mass is 35.5. The molecule has 0 aliphatic heterocycles. The molecule has 43 heavy (non-hydrogen) atoms. The van der Waals surface area contributed by atoms with Gasteiger partial charge >= 0.3 is 12.4 Å². The second-order valence-corrected chi connectivity index (χ2v) is 10.7. The number of ether oxygens (including phenoxy) is 1. The van der Waals surface area contributed by atoms with Gasteiger partial charge in [-0.25, -0.2) is 24.2 Å². The fourth-order valence-corrected chi connectivity index (χ4v) is 4.95. The summed E-state index contributed by atoms with van der Waals surface area (Å²) in [6.45, 7) is 4.54. The van der Waals surface area contributed by atoms with Crippen molar-refractivity contribution in [2.75, 3.05) is 6.67 Å². The number of halogens is 4. The molecular formula is C28H28ClF3N8O2S. The minimum Gasteiger partial charge on any atom is -0.406 e. The summed E-state index contributed by atoms with van der Waals surface area (Å²) in [4.78, 5) is 21.7. The molecule has 1 heterocycles. The van der Waals surface area contributed by atoms with Crippen LogP contribution in [-0.2, 0) is 6.54 Å². The molecule has 226 valence electrons. The molecule has 0 saturated carbocycles. The number of carbonyl (C=O) groups is 1. The summed E-state index contributed by atoms with van der Waals surface area (Å²) >= 11 is 7.50. The first-order chi connectivity index (χ1) is 20.5. The highest BCUT2D eigenvalue weighted by molar-refractivity contribution is 7.97. The van der Waals surface area contributed by atoms with Gasteiger partial charge in [0.05, 0.1) is 5.69 Å². The molecule has 0 fully saturated rings. The number of urea groups is 1. The van der Waals surface area contributed by atoms with Gasteiger partial charge in [-0.1, -0.05) is 49.7 Å². The number of nitrogens with two attached hydrogens (primary N) is 1. The van der Waals surface area contributed by atoms with E-state index >= 15 is 0 Å². The molecule has 4 rings (SSSR count). The number of hydrogen-bond acceptors (Lipinski definition) is 7. The third kappa shape index (κ3) is 9.63. The van der Waals surface area contributed by atoms with Crippen LogP contribution in [0.4, 0.5) is 18.0 Å². The Balaban J connectivity index is 1.26. The lowest BCUT2D eigenvalue weighted by atomic mass is 10.0. The third-order valence-corrected chi connectivity index (χ3v) is 6.88. The van der Waals surface area contributed by atoms with Crippen molar-refractivity contribution in [2.24, 2.45) is 10.7 Å². The van der Waals surface area contributed by atoms with E-state index in [0.717, 1.165) is 16.0 Å². The molecule has 0 bridgehead atoms.